The molecule has 2 heterocycles. The van der Waals surface area contributed by atoms with Gasteiger partial charge >= 0.3 is 5.97 Å². The first-order valence-electron chi connectivity index (χ1n) is 5.76. The van der Waals surface area contributed by atoms with Crippen LogP contribution in [0.3, 0.4) is 0 Å². The molecule has 1 aromatic rings. The number of aromatic nitrogens is 2. The van der Waals surface area contributed by atoms with Gasteiger partial charge in [-0.2, -0.15) is 5.10 Å². The first kappa shape index (κ1) is 12.4. The summed E-state index contributed by atoms with van der Waals surface area (Å²) in [6.45, 7) is 2.28. The second-order valence-electron chi connectivity index (χ2n) is 4.46. The summed E-state index contributed by atoms with van der Waals surface area (Å²) in [4.78, 5) is 24.4. The summed E-state index contributed by atoms with van der Waals surface area (Å²) in [5.74, 6) is -0.960. The van der Waals surface area contributed by atoms with Crippen LogP contribution in [0.15, 0.2) is 0 Å². The molecular formula is C11H16N4O3. The lowest BCUT2D eigenvalue weighted by Gasteiger charge is -2.24. The number of anilines is 1. The molecule has 1 fully saturated rings. The molecule has 18 heavy (non-hydrogen) atoms. The minimum atomic E-state index is -0.887. The van der Waals surface area contributed by atoms with Crippen molar-refractivity contribution in [3.8, 4) is 0 Å². The number of primary amides is 1. The highest BCUT2D eigenvalue weighted by molar-refractivity contribution is 5.99. The highest BCUT2D eigenvalue weighted by Gasteiger charge is 2.35. The summed E-state index contributed by atoms with van der Waals surface area (Å²) in [6, 6.07) is -0.613. The molecule has 7 nitrogen and oxygen atoms in total. The molecule has 1 aromatic heterocycles. The molecular weight excluding hydrogens is 236 g/mol. The van der Waals surface area contributed by atoms with Crippen LogP contribution in [0.5, 0.6) is 0 Å². The van der Waals surface area contributed by atoms with Crippen LogP contribution in [-0.4, -0.2) is 39.4 Å². The number of aryl methyl sites for hydroxylation is 2. The molecule has 0 aliphatic carbocycles. The third-order valence-electron chi connectivity index (χ3n) is 3.25. The van der Waals surface area contributed by atoms with Crippen molar-refractivity contribution in [2.75, 3.05) is 11.4 Å². The number of aliphatic carboxylic acids is 1. The van der Waals surface area contributed by atoms with Crippen molar-refractivity contribution in [3.63, 3.8) is 0 Å². The van der Waals surface area contributed by atoms with E-state index in [1.165, 1.54) is 4.68 Å². The van der Waals surface area contributed by atoms with Crippen molar-refractivity contribution >= 4 is 17.7 Å². The van der Waals surface area contributed by atoms with Gasteiger partial charge in [-0.1, -0.05) is 0 Å². The molecule has 0 radical (unpaired) electrons. The average Bonchev–Trinajstić information content (AvgIpc) is 2.81. The van der Waals surface area contributed by atoms with Crippen LogP contribution in [0, 0.1) is 6.92 Å². The summed E-state index contributed by atoms with van der Waals surface area (Å²) in [5, 5.41) is 13.3. The van der Waals surface area contributed by atoms with E-state index in [1.54, 1.807) is 18.9 Å². The molecule has 7 heteroatoms. The van der Waals surface area contributed by atoms with E-state index in [9.17, 15) is 14.7 Å². The van der Waals surface area contributed by atoms with Gasteiger partial charge in [0.1, 0.15) is 17.4 Å². The van der Waals surface area contributed by atoms with Gasteiger partial charge in [0.05, 0.1) is 5.69 Å². The predicted molar refractivity (Wildman–Crippen MR) is 64.5 cm³/mol. The van der Waals surface area contributed by atoms with Gasteiger partial charge in [-0.25, -0.2) is 4.79 Å². The lowest BCUT2D eigenvalue weighted by Crippen LogP contribution is -2.38. The van der Waals surface area contributed by atoms with Crippen molar-refractivity contribution in [1.82, 2.24) is 9.78 Å². The molecule has 1 saturated heterocycles. The molecule has 98 valence electrons. The van der Waals surface area contributed by atoms with Gasteiger partial charge < -0.3 is 15.7 Å². The largest absolute Gasteiger partial charge is 0.480 e. The number of nitrogens with two attached hydrogens (primary N) is 1. The Bertz CT molecular complexity index is 509. The van der Waals surface area contributed by atoms with Crippen LogP contribution in [0.2, 0.25) is 0 Å². The first-order valence-corrected chi connectivity index (χ1v) is 5.76. The van der Waals surface area contributed by atoms with Gasteiger partial charge in [0, 0.05) is 13.6 Å². The van der Waals surface area contributed by atoms with Crippen LogP contribution >= 0.6 is 0 Å². The Hall–Kier alpha value is -2.05. The number of carbonyl (C=O) groups excluding carboxylic acids is 1. The fourth-order valence-corrected chi connectivity index (χ4v) is 2.54. The molecule has 1 aliphatic heterocycles. The van der Waals surface area contributed by atoms with Crippen molar-refractivity contribution in [1.29, 1.82) is 0 Å². The summed E-state index contributed by atoms with van der Waals surface area (Å²) in [5.41, 5.74) is 6.19. The smallest absolute Gasteiger partial charge is 0.326 e. The van der Waals surface area contributed by atoms with E-state index < -0.39 is 17.9 Å². The molecule has 0 spiro atoms. The van der Waals surface area contributed by atoms with Crippen molar-refractivity contribution in [2.24, 2.45) is 12.8 Å². The average molecular weight is 252 g/mol. The topological polar surface area (TPSA) is 101 Å². The van der Waals surface area contributed by atoms with Gasteiger partial charge in [0.2, 0.25) is 0 Å². The Morgan fingerprint density at radius 1 is 1.50 bits per heavy atom. The number of rotatable bonds is 3. The van der Waals surface area contributed by atoms with E-state index in [2.05, 4.69) is 5.10 Å². The fraction of sp³-hybridized carbons (Fsp3) is 0.545. The Morgan fingerprint density at radius 3 is 2.72 bits per heavy atom. The molecule has 1 atom stereocenters. The van der Waals surface area contributed by atoms with Crippen molar-refractivity contribution in [3.05, 3.63) is 11.3 Å². The molecule has 1 amide bonds. The highest BCUT2D eigenvalue weighted by atomic mass is 16.4. The van der Waals surface area contributed by atoms with Gasteiger partial charge in [0.15, 0.2) is 0 Å². The maximum atomic E-state index is 11.5. The minimum absolute atomic E-state index is 0.311. The second kappa shape index (κ2) is 4.32. The van der Waals surface area contributed by atoms with Gasteiger partial charge in [-0.3, -0.25) is 9.48 Å². The number of carbonyl (C=O) groups is 2. The van der Waals surface area contributed by atoms with Crippen LogP contribution < -0.4 is 10.6 Å². The molecule has 0 saturated carbocycles. The fourth-order valence-electron chi connectivity index (χ4n) is 2.54. The van der Waals surface area contributed by atoms with Crippen molar-refractivity contribution in [2.45, 2.75) is 25.8 Å². The Balaban J connectivity index is 2.50. The summed E-state index contributed by atoms with van der Waals surface area (Å²) < 4.78 is 1.52. The van der Waals surface area contributed by atoms with E-state index in [-0.39, 0.29) is 0 Å². The standard InChI is InChI=1S/C11H16N4O3/c1-6-8(9(12)16)10(14(2)13-6)15-5-3-4-7(15)11(17)18/h7H,3-5H2,1-2H3,(H2,12,16)(H,17,18). The molecule has 1 unspecified atom stereocenters. The molecule has 1 aliphatic rings. The highest BCUT2D eigenvalue weighted by Crippen LogP contribution is 2.29. The number of hydrogen-bond donors (Lipinski definition) is 2. The summed E-state index contributed by atoms with van der Waals surface area (Å²) in [7, 11) is 1.69. The quantitative estimate of drug-likeness (QED) is 0.781. The zero-order valence-electron chi connectivity index (χ0n) is 10.4. The van der Waals surface area contributed by atoms with Gasteiger partial charge in [0.25, 0.3) is 5.91 Å². The van der Waals surface area contributed by atoms with Crippen LogP contribution in [0.1, 0.15) is 28.9 Å². The molecule has 0 bridgehead atoms. The van der Waals surface area contributed by atoms with Gasteiger partial charge in [-0.05, 0) is 19.8 Å². The zero-order valence-corrected chi connectivity index (χ0v) is 10.4. The number of carboxylic acids is 1. The maximum Gasteiger partial charge on any atom is 0.326 e. The zero-order chi connectivity index (χ0) is 13.4. The third-order valence-corrected chi connectivity index (χ3v) is 3.25. The van der Waals surface area contributed by atoms with Crippen LogP contribution in [0.25, 0.3) is 0 Å². The molecule has 0 aromatic carbocycles. The van der Waals surface area contributed by atoms with E-state index in [4.69, 9.17) is 5.73 Å². The number of carboxylic acid groups (broad SMARTS) is 1. The third kappa shape index (κ3) is 1.81. The predicted octanol–water partition coefficient (Wildman–Crippen LogP) is -0.119. The monoisotopic (exact) mass is 252 g/mol. The van der Waals surface area contributed by atoms with E-state index in [0.717, 1.165) is 6.42 Å². The normalized spacial score (nSPS) is 19.2. The summed E-state index contributed by atoms with van der Waals surface area (Å²) in [6.07, 6.45) is 1.34. The van der Waals surface area contributed by atoms with Gasteiger partial charge in [-0.15, -0.1) is 0 Å². The lowest BCUT2D eigenvalue weighted by molar-refractivity contribution is -0.138. The minimum Gasteiger partial charge on any atom is -0.480 e. The lowest BCUT2D eigenvalue weighted by atomic mass is 10.2. The Morgan fingerprint density at radius 2 is 2.17 bits per heavy atom. The Kier molecular flexibility index (Phi) is 2.98. The second-order valence-corrected chi connectivity index (χ2v) is 4.46. The van der Waals surface area contributed by atoms with E-state index >= 15 is 0 Å². The number of hydrogen-bond acceptors (Lipinski definition) is 4. The van der Waals surface area contributed by atoms with Crippen LogP contribution in [-0.2, 0) is 11.8 Å². The SMILES string of the molecule is Cc1nn(C)c(N2CCCC2C(=O)O)c1C(N)=O. The van der Waals surface area contributed by atoms with E-state index in [0.29, 0.717) is 30.0 Å². The Labute approximate surface area is 104 Å². The maximum absolute atomic E-state index is 11.5. The van der Waals surface area contributed by atoms with E-state index in [1.807, 2.05) is 0 Å². The summed E-state index contributed by atoms with van der Waals surface area (Å²) >= 11 is 0. The molecule has 3 N–H and O–H groups in total. The first-order chi connectivity index (χ1) is 8.43. The van der Waals surface area contributed by atoms with Crippen LogP contribution in [0.4, 0.5) is 5.82 Å². The number of amides is 1. The van der Waals surface area contributed by atoms with Crippen molar-refractivity contribution < 1.29 is 14.7 Å². The molecule has 2 rings (SSSR count). The number of nitrogens with zero attached hydrogens (tertiary/aromatic N) is 3.